The molecule has 2 aromatic carbocycles. The predicted molar refractivity (Wildman–Crippen MR) is 89.4 cm³/mol. The highest BCUT2D eigenvalue weighted by Crippen LogP contribution is 2.30. The maximum absolute atomic E-state index is 6.26. The minimum absolute atomic E-state index is 0.147. The quantitative estimate of drug-likeness (QED) is 0.555. The Morgan fingerprint density at radius 3 is 2.45 bits per heavy atom. The Kier molecular flexibility index (Phi) is 5.73. The van der Waals surface area contributed by atoms with E-state index in [0.717, 1.165) is 15.6 Å². The summed E-state index contributed by atoms with van der Waals surface area (Å²) in [5.74, 6) is 5.65. The largest absolute Gasteiger partial charge is 0.271 e. The van der Waals surface area contributed by atoms with Crippen LogP contribution in [0, 0.1) is 0 Å². The minimum Gasteiger partial charge on any atom is -0.271 e. The monoisotopic (exact) mass is 392 g/mol. The number of benzene rings is 2. The van der Waals surface area contributed by atoms with Crippen LogP contribution in [0.4, 0.5) is 0 Å². The van der Waals surface area contributed by atoms with E-state index in [0.29, 0.717) is 21.5 Å². The van der Waals surface area contributed by atoms with Crippen LogP contribution in [0.5, 0.6) is 0 Å². The SMILES string of the molecule is NNC(Cc1cc(Cl)ccc1Cl)c1ccc(Br)cc1Cl. The summed E-state index contributed by atoms with van der Waals surface area (Å²) in [6, 6.07) is 10.9. The maximum atomic E-state index is 6.26. The number of nitrogens with two attached hydrogens (primary N) is 1. The van der Waals surface area contributed by atoms with Gasteiger partial charge in [-0.05, 0) is 47.9 Å². The lowest BCUT2D eigenvalue weighted by molar-refractivity contribution is 0.552. The zero-order chi connectivity index (χ0) is 14.7. The Bertz CT molecular complexity index is 619. The van der Waals surface area contributed by atoms with Gasteiger partial charge in [0.1, 0.15) is 0 Å². The molecule has 6 heteroatoms. The van der Waals surface area contributed by atoms with Crippen molar-refractivity contribution in [3.05, 3.63) is 67.1 Å². The van der Waals surface area contributed by atoms with Crippen LogP contribution in [0.3, 0.4) is 0 Å². The molecular weight excluding hydrogens is 382 g/mol. The molecule has 0 radical (unpaired) electrons. The van der Waals surface area contributed by atoms with Crippen molar-refractivity contribution in [2.45, 2.75) is 12.5 Å². The van der Waals surface area contributed by atoms with Crippen molar-refractivity contribution >= 4 is 50.7 Å². The molecule has 3 N–H and O–H groups in total. The average molecular weight is 395 g/mol. The van der Waals surface area contributed by atoms with Crippen molar-refractivity contribution in [3.63, 3.8) is 0 Å². The molecule has 20 heavy (non-hydrogen) atoms. The summed E-state index contributed by atoms with van der Waals surface area (Å²) in [5, 5.41) is 1.94. The first-order valence-electron chi connectivity index (χ1n) is 5.86. The topological polar surface area (TPSA) is 38.0 Å². The van der Waals surface area contributed by atoms with Gasteiger partial charge in [0.2, 0.25) is 0 Å². The van der Waals surface area contributed by atoms with Gasteiger partial charge in [0.15, 0.2) is 0 Å². The van der Waals surface area contributed by atoms with E-state index in [2.05, 4.69) is 21.4 Å². The zero-order valence-corrected chi connectivity index (χ0v) is 14.2. The van der Waals surface area contributed by atoms with E-state index in [4.69, 9.17) is 40.6 Å². The van der Waals surface area contributed by atoms with Gasteiger partial charge in [-0.3, -0.25) is 11.3 Å². The minimum atomic E-state index is -0.147. The van der Waals surface area contributed by atoms with Crippen molar-refractivity contribution in [1.82, 2.24) is 5.43 Å². The third kappa shape index (κ3) is 3.88. The summed E-state index contributed by atoms with van der Waals surface area (Å²) in [4.78, 5) is 0. The summed E-state index contributed by atoms with van der Waals surface area (Å²) < 4.78 is 0.919. The number of hydrogen-bond donors (Lipinski definition) is 2. The van der Waals surface area contributed by atoms with Crippen molar-refractivity contribution in [3.8, 4) is 0 Å². The van der Waals surface area contributed by atoms with Gasteiger partial charge in [0.25, 0.3) is 0 Å². The molecule has 0 fully saturated rings. The molecule has 1 unspecified atom stereocenters. The molecule has 0 spiro atoms. The van der Waals surface area contributed by atoms with Crippen LogP contribution in [0.25, 0.3) is 0 Å². The maximum Gasteiger partial charge on any atom is 0.0515 e. The Balaban J connectivity index is 2.31. The fraction of sp³-hybridized carbons (Fsp3) is 0.143. The van der Waals surface area contributed by atoms with Crippen LogP contribution in [0.1, 0.15) is 17.2 Å². The van der Waals surface area contributed by atoms with E-state index in [1.54, 1.807) is 12.1 Å². The number of hydrazine groups is 1. The lowest BCUT2D eigenvalue weighted by Crippen LogP contribution is -2.29. The molecule has 2 rings (SSSR count). The fourth-order valence-electron chi connectivity index (χ4n) is 1.96. The molecule has 0 saturated heterocycles. The van der Waals surface area contributed by atoms with Crippen molar-refractivity contribution in [2.75, 3.05) is 0 Å². The number of halogens is 4. The van der Waals surface area contributed by atoms with E-state index >= 15 is 0 Å². The second-order valence-electron chi connectivity index (χ2n) is 4.32. The van der Waals surface area contributed by atoms with Gasteiger partial charge in [-0.1, -0.05) is 56.8 Å². The van der Waals surface area contributed by atoms with Gasteiger partial charge in [0, 0.05) is 19.5 Å². The first kappa shape index (κ1) is 16.1. The van der Waals surface area contributed by atoms with Crippen molar-refractivity contribution in [1.29, 1.82) is 0 Å². The van der Waals surface area contributed by atoms with Crippen LogP contribution in [-0.2, 0) is 6.42 Å². The second kappa shape index (κ2) is 7.12. The fourth-order valence-corrected chi connectivity index (χ4v) is 3.16. The summed E-state index contributed by atoms with van der Waals surface area (Å²) in [5.41, 5.74) is 4.60. The van der Waals surface area contributed by atoms with Crippen LogP contribution in [-0.4, -0.2) is 0 Å². The van der Waals surface area contributed by atoms with Crippen LogP contribution in [0.2, 0.25) is 15.1 Å². The standard InChI is InChI=1S/C14H12BrCl3N2/c15-9-1-3-11(13(18)7-9)14(20-19)6-8-5-10(16)2-4-12(8)17/h1-5,7,14,20H,6,19H2. The van der Waals surface area contributed by atoms with Crippen molar-refractivity contribution < 1.29 is 0 Å². The summed E-state index contributed by atoms with van der Waals surface area (Å²) in [6.07, 6.45) is 0.594. The smallest absolute Gasteiger partial charge is 0.0515 e. The number of hydrogen-bond acceptors (Lipinski definition) is 2. The Labute approximate surface area is 141 Å². The van der Waals surface area contributed by atoms with E-state index in [-0.39, 0.29) is 6.04 Å². The van der Waals surface area contributed by atoms with E-state index in [1.165, 1.54) is 0 Å². The number of rotatable bonds is 4. The number of nitrogens with one attached hydrogen (secondary N) is 1. The summed E-state index contributed by atoms with van der Waals surface area (Å²) in [6.45, 7) is 0. The zero-order valence-electron chi connectivity index (χ0n) is 10.3. The second-order valence-corrected chi connectivity index (χ2v) is 6.49. The molecule has 0 saturated carbocycles. The summed E-state index contributed by atoms with van der Waals surface area (Å²) in [7, 11) is 0. The summed E-state index contributed by atoms with van der Waals surface area (Å²) >= 11 is 21.8. The molecule has 0 amide bonds. The Morgan fingerprint density at radius 2 is 1.80 bits per heavy atom. The molecule has 106 valence electrons. The lowest BCUT2D eigenvalue weighted by atomic mass is 9.99. The highest BCUT2D eigenvalue weighted by atomic mass is 79.9. The van der Waals surface area contributed by atoms with Crippen molar-refractivity contribution in [2.24, 2.45) is 5.84 Å². The third-order valence-electron chi connectivity index (χ3n) is 2.97. The van der Waals surface area contributed by atoms with Gasteiger partial charge in [-0.25, -0.2) is 0 Å². The molecule has 0 aromatic heterocycles. The van der Waals surface area contributed by atoms with E-state index in [9.17, 15) is 0 Å². The van der Waals surface area contributed by atoms with Crippen LogP contribution >= 0.6 is 50.7 Å². The van der Waals surface area contributed by atoms with E-state index < -0.39 is 0 Å². The molecule has 0 bridgehead atoms. The van der Waals surface area contributed by atoms with Gasteiger partial charge in [0.05, 0.1) is 6.04 Å². The van der Waals surface area contributed by atoms with Gasteiger partial charge >= 0.3 is 0 Å². The molecule has 0 aliphatic rings. The molecule has 1 atom stereocenters. The molecule has 0 aliphatic heterocycles. The molecular formula is C14H12BrCl3N2. The average Bonchev–Trinajstić information content (AvgIpc) is 2.40. The van der Waals surface area contributed by atoms with Gasteiger partial charge in [-0.2, -0.15) is 0 Å². The van der Waals surface area contributed by atoms with Crippen LogP contribution in [0.15, 0.2) is 40.9 Å². The first-order valence-corrected chi connectivity index (χ1v) is 7.79. The third-order valence-corrected chi connectivity index (χ3v) is 4.40. The predicted octanol–water partition coefficient (Wildman–Crippen LogP) is 5.16. The Morgan fingerprint density at radius 1 is 1.05 bits per heavy atom. The highest BCUT2D eigenvalue weighted by Gasteiger charge is 2.16. The Hall–Kier alpha value is -0.290. The van der Waals surface area contributed by atoms with Gasteiger partial charge in [-0.15, -0.1) is 0 Å². The normalized spacial score (nSPS) is 12.4. The van der Waals surface area contributed by atoms with Crippen LogP contribution < -0.4 is 11.3 Å². The molecule has 0 aliphatic carbocycles. The lowest BCUT2D eigenvalue weighted by Gasteiger charge is -2.19. The van der Waals surface area contributed by atoms with Gasteiger partial charge < -0.3 is 0 Å². The molecule has 2 nitrogen and oxygen atoms in total. The highest BCUT2D eigenvalue weighted by molar-refractivity contribution is 9.10. The first-order chi connectivity index (χ1) is 9.51. The molecule has 0 heterocycles. The molecule has 2 aromatic rings. The van der Waals surface area contributed by atoms with E-state index in [1.807, 2.05) is 24.3 Å².